The third-order valence-corrected chi connectivity index (χ3v) is 3.82. The van der Waals surface area contributed by atoms with Crippen molar-refractivity contribution >= 4 is 11.4 Å². The van der Waals surface area contributed by atoms with Crippen LogP contribution in [0, 0.1) is 0 Å². The fourth-order valence-electron chi connectivity index (χ4n) is 2.79. The number of ether oxygens (including phenoxy) is 1. The number of hydrogen-bond acceptors (Lipinski definition) is 3. The van der Waals surface area contributed by atoms with Crippen molar-refractivity contribution in [1.82, 2.24) is 0 Å². The van der Waals surface area contributed by atoms with E-state index in [0.717, 1.165) is 17.1 Å². The van der Waals surface area contributed by atoms with Gasteiger partial charge in [0.2, 0.25) is 0 Å². The maximum atomic E-state index is 6.22. The molecule has 0 bridgehead atoms. The first-order valence-corrected chi connectivity index (χ1v) is 7.33. The number of anilines is 2. The Hall–Kier alpha value is -1.38. The summed E-state index contributed by atoms with van der Waals surface area (Å²) in [6.45, 7) is 6.32. The molecule has 0 atom stereocenters. The second kappa shape index (κ2) is 5.72. The van der Waals surface area contributed by atoms with E-state index in [1.54, 1.807) is 0 Å². The Morgan fingerprint density at radius 2 is 1.89 bits per heavy atom. The molecule has 2 rings (SSSR count). The largest absolute Gasteiger partial charge is 0.489 e. The van der Waals surface area contributed by atoms with Crippen LogP contribution in [0.4, 0.5) is 11.4 Å². The Labute approximate surface area is 116 Å². The molecule has 1 aliphatic rings. The minimum atomic E-state index is 0.141. The van der Waals surface area contributed by atoms with Crippen molar-refractivity contribution in [3.8, 4) is 5.75 Å². The normalized spacial score (nSPS) is 18.3. The number of nitrogens with two attached hydrogens (primary N) is 1. The maximum Gasteiger partial charge on any atom is 0.144 e. The van der Waals surface area contributed by atoms with E-state index in [0.29, 0.717) is 0 Å². The molecule has 19 heavy (non-hydrogen) atoms. The van der Waals surface area contributed by atoms with E-state index in [4.69, 9.17) is 10.5 Å². The van der Waals surface area contributed by atoms with Crippen LogP contribution >= 0.6 is 0 Å². The Morgan fingerprint density at radius 3 is 2.53 bits per heavy atom. The van der Waals surface area contributed by atoms with E-state index in [2.05, 4.69) is 12.2 Å². The van der Waals surface area contributed by atoms with Gasteiger partial charge in [-0.15, -0.1) is 0 Å². The van der Waals surface area contributed by atoms with Crippen molar-refractivity contribution in [3.63, 3.8) is 0 Å². The van der Waals surface area contributed by atoms with Crippen LogP contribution in [0.2, 0.25) is 0 Å². The van der Waals surface area contributed by atoms with Gasteiger partial charge >= 0.3 is 0 Å². The predicted octanol–water partition coefficient (Wildman–Crippen LogP) is 4.19. The third kappa shape index (κ3) is 3.55. The summed E-state index contributed by atoms with van der Waals surface area (Å²) in [4.78, 5) is 0. The molecule has 1 aliphatic carbocycles. The number of nitrogens with one attached hydrogen (secondary N) is 1. The standard InChI is InChI=1S/C16H26N2O/c1-12(2)19-14-9-7-8-13(15(14)17)18-16(3)10-5-4-6-11-16/h7-9,12,18H,4-6,10-11,17H2,1-3H3. The lowest BCUT2D eigenvalue weighted by atomic mass is 9.83. The molecule has 0 radical (unpaired) electrons. The van der Waals surface area contributed by atoms with Gasteiger partial charge < -0.3 is 15.8 Å². The van der Waals surface area contributed by atoms with Gasteiger partial charge in [0.25, 0.3) is 0 Å². The van der Waals surface area contributed by atoms with Crippen LogP contribution < -0.4 is 15.8 Å². The zero-order valence-corrected chi connectivity index (χ0v) is 12.3. The lowest BCUT2D eigenvalue weighted by Gasteiger charge is -2.36. The van der Waals surface area contributed by atoms with Gasteiger partial charge in [0.15, 0.2) is 0 Å². The Bertz CT molecular complexity index is 423. The first kappa shape index (κ1) is 14.0. The maximum absolute atomic E-state index is 6.22. The van der Waals surface area contributed by atoms with Gasteiger partial charge in [0.1, 0.15) is 5.75 Å². The molecule has 106 valence electrons. The highest BCUT2D eigenvalue weighted by Crippen LogP contribution is 2.36. The van der Waals surface area contributed by atoms with Crippen molar-refractivity contribution in [3.05, 3.63) is 18.2 Å². The first-order valence-electron chi connectivity index (χ1n) is 7.33. The lowest BCUT2D eigenvalue weighted by Crippen LogP contribution is -2.37. The monoisotopic (exact) mass is 262 g/mol. The first-order chi connectivity index (χ1) is 9.00. The summed E-state index contributed by atoms with van der Waals surface area (Å²) < 4.78 is 5.74. The van der Waals surface area contributed by atoms with Gasteiger partial charge in [-0.2, -0.15) is 0 Å². The Morgan fingerprint density at radius 1 is 1.21 bits per heavy atom. The molecule has 0 spiro atoms. The van der Waals surface area contributed by atoms with E-state index in [9.17, 15) is 0 Å². The molecule has 0 amide bonds. The number of hydrogen-bond donors (Lipinski definition) is 2. The summed E-state index contributed by atoms with van der Waals surface area (Å²) >= 11 is 0. The van der Waals surface area contributed by atoms with Crippen molar-refractivity contribution < 1.29 is 4.74 Å². The predicted molar refractivity (Wildman–Crippen MR) is 81.7 cm³/mol. The summed E-state index contributed by atoms with van der Waals surface area (Å²) in [6.07, 6.45) is 6.51. The fraction of sp³-hybridized carbons (Fsp3) is 0.625. The highest BCUT2D eigenvalue weighted by molar-refractivity contribution is 5.73. The molecule has 0 saturated heterocycles. The second-order valence-corrected chi connectivity index (χ2v) is 6.13. The van der Waals surface area contributed by atoms with Crippen molar-refractivity contribution in [2.75, 3.05) is 11.1 Å². The van der Waals surface area contributed by atoms with Gasteiger partial charge in [-0.1, -0.05) is 25.3 Å². The Balaban J connectivity index is 2.15. The zero-order chi connectivity index (χ0) is 13.9. The summed E-state index contributed by atoms with van der Waals surface area (Å²) in [6, 6.07) is 5.98. The van der Waals surface area contributed by atoms with Crippen LogP contribution in [0.1, 0.15) is 52.9 Å². The summed E-state index contributed by atoms with van der Waals surface area (Å²) in [7, 11) is 0. The van der Waals surface area contributed by atoms with Crippen LogP contribution in [0.3, 0.4) is 0 Å². The SMILES string of the molecule is CC(C)Oc1cccc(NC2(C)CCCCC2)c1N. The molecule has 0 unspecified atom stereocenters. The number of nitrogen functional groups attached to an aromatic ring is 1. The number of para-hydroxylation sites is 1. The molecule has 0 heterocycles. The van der Waals surface area contributed by atoms with Gasteiger partial charge in [-0.05, 0) is 45.7 Å². The van der Waals surface area contributed by atoms with Crippen LogP contribution in [-0.4, -0.2) is 11.6 Å². The average Bonchev–Trinajstić information content (AvgIpc) is 2.34. The summed E-state index contributed by atoms with van der Waals surface area (Å²) in [5.74, 6) is 0.777. The molecule has 1 saturated carbocycles. The van der Waals surface area contributed by atoms with Crippen molar-refractivity contribution in [2.45, 2.75) is 64.5 Å². The Kier molecular flexibility index (Phi) is 4.23. The van der Waals surface area contributed by atoms with Crippen molar-refractivity contribution in [2.24, 2.45) is 0 Å². The molecule has 1 aromatic rings. The van der Waals surface area contributed by atoms with Gasteiger partial charge in [0, 0.05) is 5.54 Å². The van der Waals surface area contributed by atoms with Crippen LogP contribution in [-0.2, 0) is 0 Å². The number of rotatable bonds is 4. The second-order valence-electron chi connectivity index (χ2n) is 6.13. The molecule has 1 aromatic carbocycles. The van der Waals surface area contributed by atoms with E-state index in [1.165, 1.54) is 32.1 Å². The van der Waals surface area contributed by atoms with E-state index >= 15 is 0 Å². The molecular formula is C16H26N2O. The van der Waals surface area contributed by atoms with Crippen molar-refractivity contribution in [1.29, 1.82) is 0 Å². The minimum Gasteiger partial charge on any atom is -0.489 e. The number of benzene rings is 1. The van der Waals surface area contributed by atoms with Crippen LogP contribution in [0.5, 0.6) is 5.75 Å². The minimum absolute atomic E-state index is 0.141. The van der Waals surface area contributed by atoms with E-state index in [1.807, 2.05) is 32.0 Å². The van der Waals surface area contributed by atoms with Gasteiger partial charge in [0.05, 0.1) is 17.5 Å². The highest BCUT2D eigenvalue weighted by atomic mass is 16.5. The summed E-state index contributed by atoms with van der Waals surface area (Å²) in [5.41, 5.74) is 8.12. The molecule has 3 heteroatoms. The zero-order valence-electron chi connectivity index (χ0n) is 12.3. The molecular weight excluding hydrogens is 236 g/mol. The molecule has 1 fully saturated rings. The highest BCUT2D eigenvalue weighted by Gasteiger charge is 2.27. The van der Waals surface area contributed by atoms with Gasteiger partial charge in [-0.3, -0.25) is 0 Å². The van der Waals surface area contributed by atoms with E-state index < -0.39 is 0 Å². The van der Waals surface area contributed by atoms with E-state index in [-0.39, 0.29) is 11.6 Å². The van der Waals surface area contributed by atoms with Crippen LogP contribution in [0.15, 0.2) is 18.2 Å². The van der Waals surface area contributed by atoms with Crippen LogP contribution in [0.25, 0.3) is 0 Å². The summed E-state index contributed by atoms with van der Waals surface area (Å²) in [5, 5.41) is 3.63. The lowest BCUT2D eigenvalue weighted by molar-refractivity contribution is 0.244. The third-order valence-electron chi connectivity index (χ3n) is 3.82. The van der Waals surface area contributed by atoms with Gasteiger partial charge in [-0.25, -0.2) is 0 Å². The molecule has 0 aliphatic heterocycles. The topological polar surface area (TPSA) is 47.3 Å². The fourth-order valence-corrected chi connectivity index (χ4v) is 2.79. The molecule has 3 nitrogen and oxygen atoms in total. The molecule has 0 aromatic heterocycles. The smallest absolute Gasteiger partial charge is 0.144 e. The quantitative estimate of drug-likeness (QED) is 0.800. The average molecular weight is 262 g/mol. The molecule has 3 N–H and O–H groups in total.